The summed E-state index contributed by atoms with van der Waals surface area (Å²) in [7, 11) is 1.76. The van der Waals surface area contributed by atoms with Gasteiger partial charge in [0.15, 0.2) is 6.61 Å². The number of nitrogens with zero attached hydrogens (tertiary/aromatic N) is 2. The maximum absolute atomic E-state index is 13.3. The standard InChI is InChI=1S/C14H11FN2O2/c1-17-6-2-3-13(17)14(18)9-19-11-5-4-10(8-16)12(15)7-11/h2-7H,9H2,1H3. The van der Waals surface area contributed by atoms with Crippen molar-refractivity contribution >= 4 is 5.78 Å². The molecule has 0 N–H and O–H groups in total. The van der Waals surface area contributed by atoms with Gasteiger partial charge in [-0.1, -0.05) is 0 Å². The predicted octanol–water partition coefficient (Wildman–Crippen LogP) is 2.30. The SMILES string of the molecule is Cn1cccc1C(=O)COc1ccc(C#N)c(F)c1. The molecular formula is C14H11FN2O2. The summed E-state index contributed by atoms with van der Waals surface area (Å²) < 4.78 is 20.2. The fraction of sp³-hybridized carbons (Fsp3) is 0.143. The highest BCUT2D eigenvalue weighted by atomic mass is 19.1. The maximum Gasteiger partial charge on any atom is 0.216 e. The lowest BCUT2D eigenvalue weighted by atomic mass is 10.2. The molecule has 96 valence electrons. The van der Waals surface area contributed by atoms with Gasteiger partial charge in [-0.05, 0) is 24.3 Å². The first kappa shape index (κ1) is 12.8. The van der Waals surface area contributed by atoms with Gasteiger partial charge in [0.25, 0.3) is 0 Å². The van der Waals surface area contributed by atoms with E-state index in [1.165, 1.54) is 12.1 Å². The minimum absolute atomic E-state index is 0.0545. The van der Waals surface area contributed by atoms with Crippen molar-refractivity contribution in [2.45, 2.75) is 0 Å². The van der Waals surface area contributed by atoms with Crippen LogP contribution in [0.4, 0.5) is 4.39 Å². The summed E-state index contributed by atoms with van der Waals surface area (Å²) in [5, 5.41) is 8.60. The number of ether oxygens (including phenoxy) is 1. The van der Waals surface area contributed by atoms with E-state index in [0.29, 0.717) is 5.69 Å². The number of carbonyl (C=O) groups excluding carboxylic acids is 1. The number of hydrogen-bond acceptors (Lipinski definition) is 3. The Morgan fingerprint density at radius 2 is 2.26 bits per heavy atom. The molecule has 0 aliphatic rings. The van der Waals surface area contributed by atoms with Crippen LogP contribution in [-0.4, -0.2) is 17.0 Å². The highest BCUT2D eigenvalue weighted by Gasteiger charge is 2.10. The van der Waals surface area contributed by atoms with Crippen molar-refractivity contribution in [3.8, 4) is 11.8 Å². The molecular weight excluding hydrogens is 247 g/mol. The summed E-state index contributed by atoms with van der Waals surface area (Å²) in [5.74, 6) is -0.636. The topological polar surface area (TPSA) is 55.0 Å². The number of benzene rings is 1. The molecule has 0 radical (unpaired) electrons. The summed E-state index contributed by atoms with van der Waals surface area (Å²) in [6.07, 6.45) is 1.76. The first-order chi connectivity index (χ1) is 9.11. The number of halogens is 1. The van der Waals surface area contributed by atoms with Crippen molar-refractivity contribution < 1.29 is 13.9 Å². The quantitative estimate of drug-likeness (QED) is 0.791. The number of Topliss-reactive ketones (excluding diaryl/α,β-unsaturated/α-hetero) is 1. The Bertz CT molecular complexity index is 656. The fourth-order valence-electron chi connectivity index (χ4n) is 1.65. The van der Waals surface area contributed by atoms with Crippen molar-refractivity contribution in [3.05, 3.63) is 53.6 Å². The average Bonchev–Trinajstić information content (AvgIpc) is 2.82. The lowest BCUT2D eigenvalue weighted by molar-refractivity contribution is 0.0913. The highest BCUT2D eigenvalue weighted by molar-refractivity contribution is 5.95. The second-order valence-electron chi connectivity index (χ2n) is 3.97. The van der Waals surface area contributed by atoms with E-state index in [1.54, 1.807) is 36.0 Å². The lowest BCUT2D eigenvalue weighted by Crippen LogP contribution is -2.14. The Morgan fingerprint density at radius 1 is 1.47 bits per heavy atom. The molecule has 0 saturated carbocycles. The van der Waals surface area contributed by atoms with Crippen molar-refractivity contribution in [2.24, 2.45) is 7.05 Å². The van der Waals surface area contributed by atoms with Gasteiger partial charge in [0.1, 0.15) is 17.6 Å². The summed E-state index contributed by atoms with van der Waals surface area (Å²) in [6, 6.07) is 9.03. The zero-order valence-corrected chi connectivity index (χ0v) is 10.3. The molecule has 0 aliphatic carbocycles. The molecule has 0 unspecified atom stereocenters. The van der Waals surface area contributed by atoms with Crippen molar-refractivity contribution in [2.75, 3.05) is 6.61 Å². The molecule has 5 heteroatoms. The van der Waals surface area contributed by atoms with Crippen LogP contribution in [0.2, 0.25) is 0 Å². The summed E-state index contributed by atoms with van der Waals surface area (Å²) in [4.78, 5) is 11.8. The third-order valence-electron chi connectivity index (χ3n) is 2.66. The third-order valence-corrected chi connectivity index (χ3v) is 2.66. The van der Waals surface area contributed by atoms with E-state index >= 15 is 0 Å². The smallest absolute Gasteiger partial charge is 0.216 e. The molecule has 2 aromatic rings. The first-order valence-electron chi connectivity index (χ1n) is 5.59. The molecule has 0 bridgehead atoms. The molecule has 19 heavy (non-hydrogen) atoms. The van der Waals surface area contributed by atoms with Crippen LogP contribution in [0.5, 0.6) is 5.75 Å². The van der Waals surface area contributed by atoms with Gasteiger partial charge in [-0.3, -0.25) is 4.79 Å². The monoisotopic (exact) mass is 258 g/mol. The number of hydrogen-bond donors (Lipinski definition) is 0. The molecule has 2 rings (SSSR count). The van der Waals surface area contributed by atoms with E-state index in [0.717, 1.165) is 6.07 Å². The molecule has 0 saturated heterocycles. The van der Waals surface area contributed by atoms with Crippen LogP contribution in [0.3, 0.4) is 0 Å². The first-order valence-corrected chi connectivity index (χ1v) is 5.59. The summed E-state index contributed by atoms with van der Waals surface area (Å²) in [5.41, 5.74) is 0.468. The van der Waals surface area contributed by atoms with Gasteiger partial charge in [0, 0.05) is 19.3 Å². The molecule has 0 aliphatic heterocycles. The Hall–Kier alpha value is -2.61. The zero-order valence-electron chi connectivity index (χ0n) is 10.3. The number of aryl methyl sites for hydroxylation is 1. The molecule has 4 nitrogen and oxygen atoms in total. The normalized spacial score (nSPS) is 9.95. The van der Waals surface area contributed by atoms with Crippen LogP contribution in [0.15, 0.2) is 36.5 Å². The summed E-state index contributed by atoms with van der Waals surface area (Å²) in [6.45, 7) is -0.177. The maximum atomic E-state index is 13.3. The minimum Gasteiger partial charge on any atom is -0.485 e. The van der Waals surface area contributed by atoms with Gasteiger partial charge in [-0.15, -0.1) is 0 Å². The van der Waals surface area contributed by atoms with Crippen LogP contribution < -0.4 is 4.74 Å². The Kier molecular flexibility index (Phi) is 3.62. The van der Waals surface area contributed by atoms with Crippen LogP contribution in [-0.2, 0) is 7.05 Å². The third kappa shape index (κ3) is 2.80. The molecule has 1 heterocycles. The van der Waals surface area contributed by atoms with Gasteiger partial charge in [-0.25, -0.2) is 4.39 Å². The number of nitriles is 1. The van der Waals surface area contributed by atoms with Gasteiger partial charge in [0.2, 0.25) is 5.78 Å². The number of rotatable bonds is 4. The Balaban J connectivity index is 2.04. The second kappa shape index (κ2) is 5.36. The van der Waals surface area contributed by atoms with E-state index in [9.17, 15) is 9.18 Å². The van der Waals surface area contributed by atoms with Crippen molar-refractivity contribution in [1.82, 2.24) is 4.57 Å². The number of carbonyl (C=O) groups is 1. The second-order valence-corrected chi connectivity index (χ2v) is 3.97. The van der Waals surface area contributed by atoms with Crippen molar-refractivity contribution in [1.29, 1.82) is 5.26 Å². The van der Waals surface area contributed by atoms with Gasteiger partial charge < -0.3 is 9.30 Å². The average molecular weight is 258 g/mol. The van der Waals surface area contributed by atoms with Gasteiger partial charge in [-0.2, -0.15) is 5.26 Å². The van der Waals surface area contributed by atoms with E-state index in [2.05, 4.69) is 0 Å². The predicted molar refractivity (Wildman–Crippen MR) is 66.4 cm³/mol. The highest BCUT2D eigenvalue weighted by Crippen LogP contribution is 2.16. The number of ketones is 1. The minimum atomic E-state index is -0.661. The molecule has 0 atom stereocenters. The molecule has 0 spiro atoms. The Morgan fingerprint density at radius 3 is 2.84 bits per heavy atom. The molecule has 1 aromatic heterocycles. The molecule has 1 aromatic carbocycles. The van der Waals surface area contributed by atoms with Crippen LogP contribution in [0.25, 0.3) is 0 Å². The van der Waals surface area contributed by atoms with Crippen LogP contribution in [0.1, 0.15) is 16.1 Å². The lowest BCUT2D eigenvalue weighted by Gasteiger charge is -2.06. The Labute approximate surface area is 109 Å². The van der Waals surface area contributed by atoms with Crippen molar-refractivity contribution in [3.63, 3.8) is 0 Å². The van der Waals surface area contributed by atoms with Crippen LogP contribution >= 0.6 is 0 Å². The van der Waals surface area contributed by atoms with Crippen LogP contribution in [0, 0.1) is 17.1 Å². The zero-order chi connectivity index (χ0) is 13.8. The van der Waals surface area contributed by atoms with E-state index in [1.807, 2.05) is 0 Å². The molecule has 0 fully saturated rings. The number of aromatic nitrogens is 1. The van der Waals surface area contributed by atoms with Gasteiger partial charge >= 0.3 is 0 Å². The fourth-order valence-corrected chi connectivity index (χ4v) is 1.65. The van der Waals surface area contributed by atoms with E-state index in [-0.39, 0.29) is 23.7 Å². The van der Waals surface area contributed by atoms with Gasteiger partial charge in [0.05, 0.1) is 11.3 Å². The molecule has 0 amide bonds. The van der Waals surface area contributed by atoms with E-state index < -0.39 is 5.82 Å². The largest absolute Gasteiger partial charge is 0.485 e. The summed E-state index contributed by atoms with van der Waals surface area (Å²) >= 11 is 0. The van der Waals surface area contributed by atoms with E-state index in [4.69, 9.17) is 10.00 Å².